The third-order valence-corrected chi connectivity index (χ3v) is 5.38. The summed E-state index contributed by atoms with van der Waals surface area (Å²) < 4.78 is 29.3. The van der Waals surface area contributed by atoms with Crippen LogP contribution >= 0.6 is 0 Å². The second kappa shape index (κ2) is 7.91. The first-order valence-electron chi connectivity index (χ1n) is 9.80. The molecule has 0 radical (unpaired) electrons. The zero-order valence-corrected chi connectivity index (χ0v) is 16.3. The lowest BCUT2D eigenvalue weighted by molar-refractivity contribution is -0.184. The van der Waals surface area contributed by atoms with E-state index in [1.54, 1.807) is 18.2 Å². The quantitative estimate of drug-likeness (QED) is 0.546. The van der Waals surface area contributed by atoms with E-state index in [1.807, 2.05) is 13.0 Å². The zero-order valence-electron chi connectivity index (χ0n) is 16.3. The molecule has 0 amide bonds. The highest BCUT2D eigenvalue weighted by molar-refractivity contribution is 5.75. The number of aldehydes is 1. The Morgan fingerprint density at radius 1 is 1.18 bits per heavy atom. The minimum atomic E-state index is -0.618. The Morgan fingerprint density at radius 3 is 2.75 bits per heavy atom. The van der Waals surface area contributed by atoms with Crippen LogP contribution in [-0.2, 0) is 28.5 Å². The number of benzene rings is 1. The van der Waals surface area contributed by atoms with Gasteiger partial charge in [-0.05, 0) is 18.4 Å². The van der Waals surface area contributed by atoms with Crippen LogP contribution in [0.15, 0.2) is 24.3 Å². The van der Waals surface area contributed by atoms with Crippen molar-refractivity contribution in [3.8, 4) is 0 Å². The van der Waals surface area contributed by atoms with Gasteiger partial charge in [0.2, 0.25) is 0 Å². The van der Waals surface area contributed by atoms with Crippen molar-refractivity contribution in [2.45, 2.75) is 64.2 Å². The lowest BCUT2D eigenvalue weighted by Crippen LogP contribution is -2.36. The van der Waals surface area contributed by atoms with Gasteiger partial charge in [-0.15, -0.1) is 0 Å². The molecule has 3 aliphatic rings. The van der Waals surface area contributed by atoms with E-state index in [4.69, 9.17) is 23.7 Å². The fourth-order valence-electron chi connectivity index (χ4n) is 4.09. The average Bonchev–Trinajstić information content (AvgIpc) is 3.33. The highest BCUT2D eigenvalue weighted by atomic mass is 16.8. The van der Waals surface area contributed by atoms with Gasteiger partial charge in [0, 0.05) is 11.1 Å². The molecule has 0 N–H and O–H groups in total. The second-order valence-electron chi connectivity index (χ2n) is 8.13. The number of esters is 1. The fourth-order valence-corrected chi connectivity index (χ4v) is 4.09. The normalized spacial score (nSPS) is 34.9. The molecule has 4 rings (SSSR count). The molecular weight excluding hydrogens is 364 g/mol. The standard InChI is InChI=1S/C21H26O7/c1-11(2)7-12(3)19(23)25-15-10-24-17-16(15)26-21-18(17)27-20(28-21)14-6-4-5-13(8-14)9-22/h4-6,8-9,11-12,15-18,20-21H,7,10H2,1-3H3. The summed E-state index contributed by atoms with van der Waals surface area (Å²) in [5.41, 5.74) is 1.31. The van der Waals surface area contributed by atoms with Crippen molar-refractivity contribution >= 4 is 12.3 Å². The summed E-state index contributed by atoms with van der Waals surface area (Å²) in [6, 6.07) is 7.07. The number of fused-ring (bicyclic) bond motifs is 3. The minimum absolute atomic E-state index is 0.165. The molecule has 28 heavy (non-hydrogen) atoms. The minimum Gasteiger partial charge on any atom is -0.457 e. The molecule has 1 aromatic rings. The van der Waals surface area contributed by atoms with Gasteiger partial charge >= 0.3 is 5.97 Å². The number of rotatable bonds is 6. The molecule has 7 heteroatoms. The number of hydrogen-bond acceptors (Lipinski definition) is 7. The van der Waals surface area contributed by atoms with Gasteiger partial charge in [-0.25, -0.2) is 0 Å². The highest BCUT2D eigenvalue weighted by Crippen LogP contribution is 2.43. The molecule has 3 saturated heterocycles. The Labute approximate surface area is 164 Å². The SMILES string of the molecule is CC(C)CC(C)C(=O)OC1COC2C1OC1OC(c3cccc(C=O)c3)OC12. The molecule has 0 spiro atoms. The van der Waals surface area contributed by atoms with E-state index in [0.29, 0.717) is 11.5 Å². The van der Waals surface area contributed by atoms with E-state index in [0.717, 1.165) is 18.3 Å². The number of carbonyl (C=O) groups excluding carboxylic acids is 2. The summed E-state index contributed by atoms with van der Waals surface area (Å²) in [5, 5.41) is 0. The Kier molecular flexibility index (Phi) is 5.51. The monoisotopic (exact) mass is 390 g/mol. The second-order valence-corrected chi connectivity index (χ2v) is 8.13. The molecule has 152 valence electrons. The van der Waals surface area contributed by atoms with E-state index >= 15 is 0 Å². The van der Waals surface area contributed by atoms with E-state index in [9.17, 15) is 9.59 Å². The van der Waals surface area contributed by atoms with Crippen molar-refractivity contribution in [3.05, 3.63) is 35.4 Å². The lowest BCUT2D eigenvalue weighted by Gasteiger charge is -2.21. The molecule has 3 aliphatic heterocycles. The number of ether oxygens (including phenoxy) is 5. The first kappa shape index (κ1) is 19.5. The molecule has 0 aromatic heterocycles. The average molecular weight is 390 g/mol. The van der Waals surface area contributed by atoms with Crippen molar-refractivity contribution in [3.63, 3.8) is 0 Å². The molecule has 7 atom stereocenters. The van der Waals surface area contributed by atoms with Crippen LogP contribution in [0.5, 0.6) is 0 Å². The molecule has 7 nitrogen and oxygen atoms in total. The summed E-state index contributed by atoms with van der Waals surface area (Å²) in [6.07, 6.45) is -1.24. The first-order valence-corrected chi connectivity index (χ1v) is 9.80. The van der Waals surface area contributed by atoms with Gasteiger partial charge < -0.3 is 23.7 Å². The van der Waals surface area contributed by atoms with E-state index < -0.39 is 30.9 Å². The van der Waals surface area contributed by atoms with Crippen molar-refractivity contribution in [2.75, 3.05) is 6.61 Å². The maximum absolute atomic E-state index is 12.3. The molecule has 3 heterocycles. The summed E-state index contributed by atoms with van der Waals surface area (Å²) in [4.78, 5) is 23.3. The lowest BCUT2D eigenvalue weighted by atomic mass is 9.99. The van der Waals surface area contributed by atoms with Crippen molar-refractivity contribution < 1.29 is 33.3 Å². The van der Waals surface area contributed by atoms with Gasteiger partial charge in [0.15, 0.2) is 18.7 Å². The molecule has 0 aliphatic carbocycles. The van der Waals surface area contributed by atoms with Crippen LogP contribution in [0.4, 0.5) is 0 Å². The fraction of sp³-hybridized carbons (Fsp3) is 0.619. The third-order valence-electron chi connectivity index (χ3n) is 5.38. The van der Waals surface area contributed by atoms with Crippen LogP contribution in [0.3, 0.4) is 0 Å². The van der Waals surface area contributed by atoms with Gasteiger partial charge in [0.1, 0.15) is 24.6 Å². The summed E-state index contributed by atoms with van der Waals surface area (Å²) in [6.45, 7) is 6.32. The predicted octanol–water partition coefficient (Wildman–Crippen LogP) is 2.63. The molecular formula is C21H26O7. The van der Waals surface area contributed by atoms with Gasteiger partial charge in [-0.3, -0.25) is 9.59 Å². The van der Waals surface area contributed by atoms with Crippen molar-refractivity contribution in [1.82, 2.24) is 0 Å². The predicted molar refractivity (Wildman–Crippen MR) is 97.4 cm³/mol. The van der Waals surface area contributed by atoms with Gasteiger partial charge in [-0.2, -0.15) is 0 Å². The molecule has 0 bridgehead atoms. The van der Waals surface area contributed by atoms with Gasteiger partial charge in [0.25, 0.3) is 0 Å². The number of carbonyl (C=O) groups is 2. The van der Waals surface area contributed by atoms with Crippen LogP contribution in [0.2, 0.25) is 0 Å². The van der Waals surface area contributed by atoms with Crippen LogP contribution in [-0.4, -0.2) is 49.6 Å². The first-order chi connectivity index (χ1) is 13.5. The summed E-state index contributed by atoms with van der Waals surface area (Å²) in [7, 11) is 0. The van der Waals surface area contributed by atoms with Crippen LogP contribution in [0, 0.1) is 11.8 Å². The van der Waals surface area contributed by atoms with E-state index in [-0.39, 0.29) is 24.6 Å². The number of hydrogen-bond donors (Lipinski definition) is 0. The van der Waals surface area contributed by atoms with E-state index in [2.05, 4.69) is 13.8 Å². The highest BCUT2D eigenvalue weighted by Gasteiger charge is 2.59. The molecule has 1 aromatic carbocycles. The zero-order chi connectivity index (χ0) is 19.8. The summed E-state index contributed by atoms with van der Waals surface area (Å²) >= 11 is 0. The van der Waals surface area contributed by atoms with Crippen LogP contribution in [0.25, 0.3) is 0 Å². The topological polar surface area (TPSA) is 80.3 Å². The molecule has 3 fully saturated rings. The van der Waals surface area contributed by atoms with Crippen molar-refractivity contribution in [1.29, 1.82) is 0 Å². The largest absolute Gasteiger partial charge is 0.457 e. The van der Waals surface area contributed by atoms with Gasteiger partial charge in [0.05, 0.1) is 12.5 Å². The van der Waals surface area contributed by atoms with E-state index in [1.165, 1.54) is 0 Å². The Hall–Kier alpha value is -1.80. The van der Waals surface area contributed by atoms with Gasteiger partial charge in [-0.1, -0.05) is 39.0 Å². The maximum atomic E-state index is 12.3. The van der Waals surface area contributed by atoms with Crippen LogP contribution < -0.4 is 0 Å². The Bertz CT molecular complexity index is 733. The molecule has 0 saturated carbocycles. The summed E-state index contributed by atoms with van der Waals surface area (Å²) in [5.74, 6) is 0.0320. The van der Waals surface area contributed by atoms with Crippen LogP contribution in [0.1, 0.15) is 49.4 Å². The smallest absolute Gasteiger partial charge is 0.309 e. The Morgan fingerprint density at radius 2 is 2.00 bits per heavy atom. The maximum Gasteiger partial charge on any atom is 0.309 e. The van der Waals surface area contributed by atoms with Crippen molar-refractivity contribution in [2.24, 2.45) is 11.8 Å². The molecule has 7 unspecified atom stereocenters. The third kappa shape index (κ3) is 3.72. The Balaban J connectivity index is 1.37.